The molecule has 1 rings (SSSR count). The normalized spacial score (nSPS) is 10.8. The number of nitrogens with one attached hydrogen (secondary N) is 2. The summed E-state index contributed by atoms with van der Waals surface area (Å²) < 4.78 is 0. The molecule has 20 heavy (non-hydrogen) atoms. The second kappa shape index (κ2) is 8.44. The van der Waals surface area contributed by atoms with Gasteiger partial charge >= 0.3 is 0 Å². The highest BCUT2D eigenvalue weighted by Crippen LogP contribution is 2.21. The van der Waals surface area contributed by atoms with Gasteiger partial charge in [0.25, 0.3) is 0 Å². The van der Waals surface area contributed by atoms with Crippen LogP contribution in [0.15, 0.2) is 11.3 Å². The first-order valence-electron chi connectivity index (χ1n) is 6.45. The van der Waals surface area contributed by atoms with Crippen molar-refractivity contribution in [3.63, 3.8) is 0 Å². The zero-order valence-corrected chi connectivity index (χ0v) is 12.5. The number of aryl methyl sites for hydroxylation is 1. The van der Waals surface area contributed by atoms with Crippen molar-refractivity contribution in [3.05, 3.63) is 23.0 Å². The second-order valence-corrected chi connectivity index (χ2v) is 4.68. The van der Waals surface area contributed by atoms with Gasteiger partial charge in [-0.1, -0.05) is 13.3 Å². The quantitative estimate of drug-likeness (QED) is 0.273. The summed E-state index contributed by atoms with van der Waals surface area (Å²) in [4.78, 5) is 3.97. The predicted molar refractivity (Wildman–Crippen MR) is 82.8 cm³/mol. The summed E-state index contributed by atoms with van der Waals surface area (Å²) in [6.07, 6.45) is 5.05. The van der Waals surface area contributed by atoms with Gasteiger partial charge in [0.05, 0.1) is 18.5 Å². The largest absolute Gasteiger partial charge is 0.505 e. The molecule has 0 amide bonds. The van der Waals surface area contributed by atoms with Crippen LogP contribution in [0.5, 0.6) is 5.75 Å². The molecule has 1 aromatic rings. The molecule has 0 fully saturated rings. The first-order valence-corrected chi connectivity index (χ1v) is 6.86. The molecule has 0 saturated heterocycles. The van der Waals surface area contributed by atoms with Crippen LogP contribution in [0.2, 0.25) is 0 Å². The van der Waals surface area contributed by atoms with Crippen LogP contribution in [-0.4, -0.2) is 33.1 Å². The first-order chi connectivity index (χ1) is 9.60. The molecule has 0 aliphatic rings. The fourth-order valence-electron chi connectivity index (χ4n) is 1.50. The molecule has 7 heteroatoms. The summed E-state index contributed by atoms with van der Waals surface area (Å²) in [5.74, 6) is 0.00644. The van der Waals surface area contributed by atoms with Crippen molar-refractivity contribution in [1.82, 2.24) is 15.7 Å². The number of unbranched alkanes of at least 4 members (excludes halogenated alkanes) is 1. The third kappa shape index (κ3) is 4.75. The van der Waals surface area contributed by atoms with Crippen LogP contribution in [-0.2, 0) is 6.61 Å². The highest BCUT2D eigenvalue weighted by Gasteiger charge is 2.09. The lowest BCUT2D eigenvalue weighted by Gasteiger charge is -2.08. The van der Waals surface area contributed by atoms with Crippen molar-refractivity contribution in [3.8, 4) is 5.75 Å². The van der Waals surface area contributed by atoms with Crippen LogP contribution in [0, 0.1) is 6.92 Å². The Hall–Kier alpha value is -1.73. The van der Waals surface area contributed by atoms with Crippen molar-refractivity contribution < 1.29 is 10.2 Å². The average molecular weight is 296 g/mol. The Labute approximate surface area is 123 Å². The van der Waals surface area contributed by atoms with E-state index in [4.69, 9.17) is 12.2 Å². The maximum absolute atomic E-state index is 9.91. The molecule has 1 heterocycles. The Kier molecular flexibility index (Phi) is 6.89. The molecule has 110 valence electrons. The van der Waals surface area contributed by atoms with Crippen LogP contribution in [0.4, 0.5) is 0 Å². The maximum atomic E-state index is 9.91. The number of aromatic hydroxyl groups is 1. The van der Waals surface area contributed by atoms with Crippen LogP contribution in [0.25, 0.3) is 0 Å². The molecule has 0 atom stereocenters. The fourth-order valence-corrected chi connectivity index (χ4v) is 1.65. The van der Waals surface area contributed by atoms with E-state index in [9.17, 15) is 10.2 Å². The third-order valence-electron chi connectivity index (χ3n) is 2.70. The molecule has 0 aliphatic carbocycles. The topological polar surface area (TPSA) is 89.8 Å². The molecule has 0 radical (unpaired) electrons. The van der Waals surface area contributed by atoms with E-state index in [1.54, 1.807) is 6.92 Å². The molecule has 0 saturated carbocycles. The van der Waals surface area contributed by atoms with Crippen LogP contribution < -0.4 is 10.7 Å². The molecular formula is C13H20N4O2S. The summed E-state index contributed by atoms with van der Waals surface area (Å²) in [7, 11) is 0. The number of aromatic nitrogens is 1. The molecule has 0 bridgehead atoms. The lowest BCUT2D eigenvalue weighted by molar-refractivity contribution is 0.280. The monoisotopic (exact) mass is 296 g/mol. The minimum absolute atomic E-state index is 0.00644. The summed E-state index contributed by atoms with van der Waals surface area (Å²) in [6.45, 7) is 4.35. The number of thiocarbonyl (C=S) groups is 1. The molecule has 0 aliphatic heterocycles. The number of hydrogen-bond acceptors (Lipinski definition) is 5. The van der Waals surface area contributed by atoms with Crippen molar-refractivity contribution in [2.45, 2.75) is 33.3 Å². The van der Waals surface area contributed by atoms with Crippen molar-refractivity contribution in [2.24, 2.45) is 5.10 Å². The minimum Gasteiger partial charge on any atom is -0.505 e. The Morgan fingerprint density at radius 3 is 2.95 bits per heavy atom. The van der Waals surface area contributed by atoms with Gasteiger partial charge in [-0.3, -0.25) is 10.4 Å². The minimum atomic E-state index is -0.221. The van der Waals surface area contributed by atoms with E-state index in [-0.39, 0.29) is 12.4 Å². The summed E-state index contributed by atoms with van der Waals surface area (Å²) in [6, 6.07) is 0. The molecule has 6 nitrogen and oxygen atoms in total. The molecule has 1 aromatic heterocycles. The van der Waals surface area contributed by atoms with Crippen molar-refractivity contribution >= 4 is 23.5 Å². The van der Waals surface area contributed by atoms with E-state index in [1.807, 2.05) is 0 Å². The van der Waals surface area contributed by atoms with Crippen LogP contribution in [0.3, 0.4) is 0 Å². The number of hydrazone groups is 1. The van der Waals surface area contributed by atoms with E-state index in [0.717, 1.165) is 19.4 Å². The summed E-state index contributed by atoms with van der Waals surface area (Å²) in [5, 5.41) is 26.5. The predicted octanol–water partition coefficient (Wildman–Crippen LogP) is 1.19. The smallest absolute Gasteiger partial charge is 0.186 e. The number of pyridine rings is 1. The Morgan fingerprint density at radius 1 is 1.55 bits per heavy atom. The van der Waals surface area contributed by atoms with Gasteiger partial charge in [-0.2, -0.15) is 5.10 Å². The van der Waals surface area contributed by atoms with Crippen molar-refractivity contribution in [2.75, 3.05) is 6.54 Å². The Morgan fingerprint density at radius 2 is 2.30 bits per heavy atom. The molecular weight excluding hydrogens is 276 g/mol. The Bertz CT molecular complexity index is 492. The van der Waals surface area contributed by atoms with Crippen LogP contribution in [0.1, 0.15) is 36.6 Å². The molecule has 4 N–H and O–H groups in total. The van der Waals surface area contributed by atoms with Gasteiger partial charge in [-0.05, 0) is 25.6 Å². The number of hydrogen-bond donors (Lipinski definition) is 4. The zero-order valence-electron chi connectivity index (χ0n) is 11.7. The van der Waals surface area contributed by atoms with E-state index in [2.05, 4.69) is 27.8 Å². The summed E-state index contributed by atoms with van der Waals surface area (Å²) in [5.41, 5.74) is 4.08. The maximum Gasteiger partial charge on any atom is 0.186 e. The van der Waals surface area contributed by atoms with E-state index < -0.39 is 0 Å². The van der Waals surface area contributed by atoms with Gasteiger partial charge in [-0.25, -0.2) is 0 Å². The molecule has 0 unspecified atom stereocenters. The summed E-state index contributed by atoms with van der Waals surface area (Å²) >= 11 is 5.04. The van der Waals surface area contributed by atoms with E-state index in [0.29, 0.717) is 21.9 Å². The third-order valence-corrected chi connectivity index (χ3v) is 2.94. The second-order valence-electron chi connectivity index (χ2n) is 4.27. The Balaban J connectivity index is 2.66. The molecule has 0 aromatic carbocycles. The van der Waals surface area contributed by atoms with Gasteiger partial charge in [0.2, 0.25) is 0 Å². The van der Waals surface area contributed by atoms with Crippen molar-refractivity contribution in [1.29, 1.82) is 0 Å². The van der Waals surface area contributed by atoms with Gasteiger partial charge in [0, 0.05) is 23.9 Å². The standard InChI is InChI=1S/C13H20N4O2S/c1-3-4-5-14-13(20)17-16-7-11-10(8-18)6-15-9(2)12(11)19/h6-7,18-19H,3-5,8H2,1-2H3,(H2,14,17,20)/b16-7-. The highest BCUT2D eigenvalue weighted by molar-refractivity contribution is 7.80. The number of rotatable bonds is 6. The van der Waals surface area contributed by atoms with Gasteiger partial charge in [-0.15, -0.1) is 0 Å². The highest BCUT2D eigenvalue weighted by atomic mass is 32.1. The number of aliphatic hydroxyl groups excluding tert-OH is 1. The fraction of sp³-hybridized carbons (Fsp3) is 0.462. The van der Waals surface area contributed by atoms with Gasteiger partial charge < -0.3 is 15.5 Å². The lowest BCUT2D eigenvalue weighted by atomic mass is 10.1. The lowest BCUT2D eigenvalue weighted by Crippen LogP contribution is -2.32. The SMILES string of the molecule is CCCCNC(=S)N/N=C\c1c(CO)cnc(C)c1O. The first kappa shape index (κ1) is 16.3. The van der Waals surface area contributed by atoms with E-state index >= 15 is 0 Å². The average Bonchev–Trinajstić information content (AvgIpc) is 2.44. The number of aliphatic hydroxyl groups is 1. The zero-order chi connectivity index (χ0) is 15.0. The van der Waals surface area contributed by atoms with Crippen LogP contribution >= 0.6 is 12.2 Å². The molecule has 0 spiro atoms. The van der Waals surface area contributed by atoms with E-state index in [1.165, 1.54) is 12.4 Å². The van der Waals surface area contributed by atoms with Gasteiger partial charge in [0.1, 0.15) is 5.75 Å². The number of nitrogens with zero attached hydrogens (tertiary/aromatic N) is 2. The van der Waals surface area contributed by atoms with Gasteiger partial charge in [0.15, 0.2) is 5.11 Å².